The topological polar surface area (TPSA) is 44.8 Å². The molecule has 1 saturated heterocycles. The van der Waals surface area contributed by atoms with E-state index >= 15 is 0 Å². The molecule has 0 N–H and O–H groups in total. The third kappa shape index (κ3) is 2.65. The standard InChI is InChI=1S/C17H21BO4/c1-8-12-9-13(10-14(11(12)2)15(19)20-7)18-21-16(3,4)17(5,6)22-18/h1,9-10H,2-7H3. The third-order valence-electron chi connectivity index (χ3n) is 4.52. The van der Waals surface area contributed by atoms with Crippen molar-refractivity contribution in [1.82, 2.24) is 0 Å². The monoisotopic (exact) mass is 300 g/mol. The molecule has 116 valence electrons. The lowest BCUT2D eigenvalue weighted by atomic mass is 9.76. The lowest BCUT2D eigenvalue weighted by Gasteiger charge is -2.32. The van der Waals surface area contributed by atoms with E-state index in [1.165, 1.54) is 7.11 Å². The Labute approximate surface area is 132 Å². The summed E-state index contributed by atoms with van der Waals surface area (Å²) in [5.41, 5.74) is 1.59. The van der Waals surface area contributed by atoms with Gasteiger partial charge in [0.05, 0.1) is 23.9 Å². The molecule has 0 aliphatic carbocycles. The quantitative estimate of drug-likeness (QED) is 0.476. The summed E-state index contributed by atoms with van der Waals surface area (Å²) in [4.78, 5) is 12.0. The smallest absolute Gasteiger partial charge is 0.465 e. The first-order chi connectivity index (χ1) is 10.1. The van der Waals surface area contributed by atoms with Crippen LogP contribution in [0.15, 0.2) is 12.1 Å². The van der Waals surface area contributed by atoms with E-state index in [4.69, 9.17) is 20.5 Å². The van der Waals surface area contributed by atoms with Crippen LogP contribution in [0.1, 0.15) is 49.2 Å². The molecule has 0 atom stereocenters. The number of methoxy groups -OCH3 is 1. The van der Waals surface area contributed by atoms with Crippen LogP contribution < -0.4 is 5.46 Å². The van der Waals surface area contributed by atoms with E-state index < -0.39 is 24.3 Å². The Hall–Kier alpha value is -1.77. The summed E-state index contributed by atoms with van der Waals surface area (Å²) in [5.74, 6) is 2.18. The van der Waals surface area contributed by atoms with Gasteiger partial charge in [0.25, 0.3) is 0 Å². The van der Waals surface area contributed by atoms with Gasteiger partial charge in [0.15, 0.2) is 0 Å². The number of terminal acetylenes is 1. The molecule has 1 aliphatic heterocycles. The summed E-state index contributed by atoms with van der Waals surface area (Å²) in [7, 11) is 0.778. The third-order valence-corrected chi connectivity index (χ3v) is 4.52. The second kappa shape index (κ2) is 5.46. The van der Waals surface area contributed by atoms with Gasteiger partial charge < -0.3 is 14.0 Å². The highest BCUT2D eigenvalue weighted by molar-refractivity contribution is 6.62. The Kier molecular flexibility index (Phi) is 4.12. The maximum atomic E-state index is 12.0. The number of hydrogen-bond acceptors (Lipinski definition) is 4. The summed E-state index contributed by atoms with van der Waals surface area (Å²) in [6, 6.07) is 3.55. The molecule has 0 bridgehead atoms. The van der Waals surface area contributed by atoms with Crippen molar-refractivity contribution in [3.8, 4) is 12.3 Å². The molecule has 0 saturated carbocycles. The van der Waals surface area contributed by atoms with Gasteiger partial charge in [-0.3, -0.25) is 0 Å². The van der Waals surface area contributed by atoms with E-state index in [9.17, 15) is 4.79 Å². The number of carbonyl (C=O) groups is 1. The first-order valence-corrected chi connectivity index (χ1v) is 7.18. The molecule has 5 heteroatoms. The lowest BCUT2D eigenvalue weighted by Crippen LogP contribution is -2.41. The van der Waals surface area contributed by atoms with Gasteiger partial charge in [-0.2, -0.15) is 0 Å². The molecule has 22 heavy (non-hydrogen) atoms. The molecule has 1 fully saturated rings. The van der Waals surface area contributed by atoms with Gasteiger partial charge in [-0.05, 0) is 57.8 Å². The van der Waals surface area contributed by atoms with Crippen LogP contribution >= 0.6 is 0 Å². The number of rotatable bonds is 2. The molecule has 0 amide bonds. The number of ether oxygens (including phenoxy) is 1. The average Bonchev–Trinajstić information content (AvgIpc) is 2.67. The zero-order valence-corrected chi connectivity index (χ0v) is 13.9. The van der Waals surface area contributed by atoms with Gasteiger partial charge in [0.1, 0.15) is 0 Å². The van der Waals surface area contributed by atoms with Gasteiger partial charge in [-0.15, -0.1) is 6.42 Å². The predicted molar refractivity (Wildman–Crippen MR) is 86.2 cm³/mol. The Morgan fingerprint density at radius 1 is 1.23 bits per heavy atom. The summed E-state index contributed by atoms with van der Waals surface area (Å²) in [5, 5.41) is 0. The first kappa shape index (κ1) is 16.6. The first-order valence-electron chi connectivity index (χ1n) is 7.18. The summed E-state index contributed by atoms with van der Waals surface area (Å²) < 4.78 is 16.9. The van der Waals surface area contributed by atoms with Crippen LogP contribution in [0.5, 0.6) is 0 Å². The van der Waals surface area contributed by atoms with Gasteiger partial charge in [0.2, 0.25) is 0 Å². The lowest BCUT2D eigenvalue weighted by molar-refractivity contribution is 0.00578. The maximum Gasteiger partial charge on any atom is 0.494 e. The maximum absolute atomic E-state index is 12.0. The zero-order chi connectivity index (χ0) is 16.7. The molecule has 0 spiro atoms. The highest BCUT2D eigenvalue weighted by Gasteiger charge is 2.51. The highest BCUT2D eigenvalue weighted by Crippen LogP contribution is 2.36. The van der Waals surface area contributed by atoms with E-state index in [0.29, 0.717) is 11.1 Å². The van der Waals surface area contributed by atoms with Crippen molar-refractivity contribution in [2.24, 2.45) is 0 Å². The highest BCUT2D eigenvalue weighted by atomic mass is 16.7. The van der Waals surface area contributed by atoms with E-state index in [-0.39, 0.29) is 0 Å². The normalized spacial score (nSPS) is 18.9. The fourth-order valence-corrected chi connectivity index (χ4v) is 2.32. The molecule has 1 aromatic carbocycles. The van der Waals surface area contributed by atoms with Gasteiger partial charge in [-0.25, -0.2) is 4.79 Å². The second-order valence-corrected chi connectivity index (χ2v) is 6.47. The minimum atomic E-state index is -0.568. The number of esters is 1. The van der Waals surface area contributed by atoms with Crippen LogP contribution in [0.4, 0.5) is 0 Å². The van der Waals surface area contributed by atoms with Gasteiger partial charge in [-0.1, -0.05) is 5.92 Å². The fraction of sp³-hybridized carbons (Fsp3) is 0.471. The molecule has 0 aromatic heterocycles. The van der Waals surface area contributed by atoms with Crippen LogP contribution in [0.2, 0.25) is 0 Å². The Bertz CT molecular complexity index is 639. The van der Waals surface area contributed by atoms with Crippen molar-refractivity contribution in [2.45, 2.75) is 45.8 Å². The van der Waals surface area contributed by atoms with Gasteiger partial charge >= 0.3 is 13.1 Å². The molecular weight excluding hydrogens is 279 g/mol. The molecule has 2 rings (SSSR count). The number of benzene rings is 1. The van der Waals surface area contributed by atoms with E-state index in [0.717, 1.165) is 11.0 Å². The van der Waals surface area contributed by atoms with Crippen LogP contribution in [-0.4, -0.2) is 31.4 Å². The molecule has 1 aliphatic rings. The van der Waals surface area contributed by atoms with Gasteiger partial charge in [0, 0.05) is 5.56 Å². The van der Waals surface area contributed by atoms with Crippen LogP contribution in [0.3, 0.4) is 0 Å². The largest absolute Gasteiger partial charge is 0.494 e. The van der Waals surface area contributed by atoms with E-state index in [1.54, 1.807) is 13.0 Å². The SMILES string of the molecule is C#Cc1cc(B2OC(C)(C)C(C)(C)O2)cc(C(=O)OC)c1C. The predicted octanol–water partition coefficient (Wildman–Crippen LogP) is 2.06. The van der Waals surface area contributed by atoms with Crippen molar-refractivity contribution in [3.63, 3.8) is 0 Å². The van der Waals surface area contributed by atoms with Crippen molar-refractivity contribution < 1.29 is 18.8 Å². The average molecular weight is 300 g/mol. The van der Waals surface area contributed by atoms with Crippen molar-refractivity contribution in [3.05, 3.63) is 28.8 Å². The molecule has 1 heterocycles. The molecule has 0 unspecified atom stereocenters. The second-order valence-electron chi connectivity index (χ2n) is 6.47. The minimum Gasteiger partial charge on any atom is -0.465 e. The zero-order valence-electron chi connectivity index (χ0n) is 13.9. The van der Waals surface area contributed by atoms with Crippen LogP contribution in [-0.2, 0) is 14.0 Å². The molecule has 4 nitrogen and oxygen atoms in total. The Balaban J connectivity index is 2.50. The molecular formula is C17H21BO4. The molecule has 1 aromatic rings. The Morgan fingerprint density at radius 3 is 2.23 bits per heavy atom. The Morgan fingerprint density at radius 2 is 1.77 bits per heavy atom. The number of carbonyl (C=O) groups excluding carboxylic acids is 1. The van der Waals surface area contributed by atoms with E-state index in [1.807, 2.05) is 33.8 Å². The summed E-state index contributed by atoms with van der Waals surface area (Å²) in [6.07, 6.45) is 5.55. The van der Waals surface area contributed by atoms with Crippen molar-refractivity contribution >= 4 is 18.6 Å². The minimum absolute atomic E-state index is 0.424. The van der Waals surface area contributed by atoms with Crippen LogP contribution in [0.25, 0.3) is 0 Å². The number of hydrogen-bond donors (Lipinski definition) is 0. The molecule has 0 radical (unpaired) electrons. The van der Waals surface area contributed by atoms with Crippen molar-refractivity contribution in [1.29, 1.82) is 0 Å². The van der Waals surface area contributed by atoms with Crippen molar-refractivity contribution in [2.75, 3.05) is 7.11 Å². The summed E-state index contributed by atoms with van der Waals surface area (Å²) >= 11 is 0. The fourth-order valence-electron chi connectivity index (χ4n) is 2.32. The van der Waals surface area contributed by atoms with Crippen LogP contribution in [0, 0.1) is 19.3 Å². The van der Waals surface area contributed by atoms with E-state index in [2.05, 4.69) is 5.92 Å². The summed E-state index contributed by atoms with van der Waals surface area (Å²) in [6.45, 7) is 9.71.